The van der Waals surface area contributed by atoms with Crippen molar-refractivity contribution in [2.45, 2.75) is 59.4 Å². The van der Waals surface area contributed by atoms with Crippen molar-refractivity contribution in [3.8, 4) is 0 Å². The molecule has 0 aliphatic heterocycles. The summed E-state index contributed by atoms with van der Waals surface area (Å²) in [7, 11) is 2.12. The van der Waals surface area contributed by atoms with Gasteiger partial charge in [-0.3, -0.25) is 0 Å². The molecule has 1 heteroatoms. The minimum absolute atomic E-state index is 0.729. The van der Waals surface area contributed by atoms with Crippen LogP contribution in [-0.4, -0.2) is 13.1 Å². The molecule has 0 aromatic heterocycles. The monoisotopic (exact) mass is 211 g/mol. The molecule has 90 valence electrons. The van der Waals surface area contributed by atoms with E-state index in [0.29, 0.717) is 0 Å². The van der Waals surface area contributed by atoms with Gasteiger partial charge in [0.1, 0.15) is 0 Å². The van der Waals surface area contributed by atoms with Gasteiger partial charge in [-0.15, -0.1) is 0 Å². The topological polar surface area (TPSA) is 12.0 Å². The molecule has 0 amide bonds. The third-order valence-electron chi connectivity index (χ3n) is 4.88. The summed E-state index contributed by atoms with van der Waals surface area (Å²) < 4.78 is 0. The van der Waals surface area contributed by atoms with Crippen LogP contribution in [0.3, 0.4) is 0 Å². The molecule has 0 aromatic carbocycles. The van der Waals surface area contributed by atoms with Gasteiger partial charge in [-0.2, -0.15) is 0 Å². The Balaban J connectivity index is 2.65. The summed E-state index contributed by atoms with van der Waals surface area (Å²) in [5.41, 5.74) is 0. The maximum Gasteiger partial charge on any atom is 0.00923 e. The Morgan fingerprint density at radius 1 is 1.13 bits per heavy atom. The van der Waals surface area contributed by atoms with Crippen molar-refractivity contribution in [1.29, 1.82) is 0 Å². The van der Waals surface area contributed by atoms with Crippen LogP contribution in [0.2, 0.25) is 0 Å². The van der Waals surface area contributed by atoms with E-state index in [9.17, 15) is 0 Å². The average molecular weight is 211 g/mol. The second-order valence-corrected chi connectivity index (χ2v) is 5.45. The van der Waals surface area contributed by atoms with Crippen LogP contribution in [0.1, 0.15) is 53.4 Å². The lowest BCUT2D eigenvalue weighted by atomic mass is 9.76. The molecule has 15 heavy (non-hydrogen) atoms. The van der Waals surface area contributed by atoms with Crippen LogP contribution in [0.4, 0.5) is 0 Å². The lowest BCUT2D eigenvalue weighted by Crippen LogP contribution is -2.38. The van der Waals surface area contributed by atoms with Crippen molar-refractivity contribution in [3.05, 3.63) is 0 Å². The van der Waals surface area contributed by atoms with Gasteiger partial charge in [0, 0.05) is 6.04 Å². The Morgan fingerprint density at radius 2 is 1.80 bits per heavy atom. The van der Waals surface area contributed by atoms with E-state index in [1.54, 1.807) is 0 Å². The van der Waals surface area contributed by atoms with Crippen molar-refractivity contribution >= 4 is 0 Å². The molecule has 1 aliphatic carbocycles. The predicted molar refractivity (Wildman–Crippen MR) is 68.0 cm³/mol. The standard InChI is InChI=1S/C14H29N/c1-6-12(14(7-2)15-5)13-9-8-10(3)11(13)4/h10-15H,6-9H2,1-5H3/t10-,11?,12?,13?,14?/m1/s1. The summed E-state index contributed by atoms with van der Waals surface area (Å²) in [5, 5.41) is 3.52. The third-order valence-corrected chi connectivity index (χ3v) is 4.88. The maximum atomic E-state index is 3.52. The van der Waals surface area contributed by atoms with E-state index < -0.39 is 0 Å². The second kappa shape index (κ2) is 5.89. The predicted octanol–water partition coefficient (Wildman–Crippen LogP) is 3.69. The molecular weight excluding hydrogens is 182 g/mol. The molecule has 0 heterocycles. The van der Waals surface area contributed by atoms with Crippen molar-refractivity contribution in [3.63, 3.8) is 0 Å². The van der Waals surface area contributed by atoms with Crippen molar-refractivity contribution in [2.75, 3.05) is 7.05 Å². The number of rotatable bonds is 5. The van der Waals surface area contributed by atoms with E-state index in [-0.39, 0.29) is 0 Å². The van der Waals surface area contributed by atoms with Gasteiger partial charge < -0.3 is 5.32 Å². The fourth-order valence-corrected chi connectivity index (χ4v) is 3.61. The van der Waals surface area contributed by atoms with Crippen molar-refractivity contribution in [2.24, 2.45) is 23.7 Å². The Labute approximate surface area is 96.0 Å². The van der Waals surface area contributed by atoms with Gasteiger partial charge in [0.05, 0.1) is 0 Å². The van der Waals surface area contributed by atoms with E-state index in [4.69, 9.17) is 0 Å². The minimum Gasteiger partial charge on any atom is -0.317 e. The highest BCUT2D eigenvalue weighted by Crippen LogP contribution is 2.43. The quantitative estimate of drug-likeness (QED) is 0.731. The Kier molecular flexibility index (Phi) is 5.11. The highest BCUT2D eigenvalue weighted by atomic mass is 14.9. The van der Waals surface area contributed by atoms with Gasteiger partial charge >= 0.3 is 0 Å². The van der Waals surface area contributed by atoms with Gasteiger partial charge in [-0.25, -0.2) is 0 Å². The van der Waals surface area contributed by atoms with Gasteiger partial charge in [-0.1, -0.05) is 40.5 Å². The summed E-state index contributed by atoms with van der Waals surface area (Å²) in [6.07, 6.45) is 5.51. The summed E-state index contributed by atoms with van der Waals surface area (Å²) in [6.45, 7) is 9.57. The normalized spacial score (nSPS) is 35.4. The molecule has 0 spiro atoms. The zero-order valence-corrected chi connectivity index (χ0v) is 11.2. The zero-order chi connectivity index (χ0) is 11.4. The van der Waals surface area contributed by atoms with Crippen LogP contribution < -0.4 is 5.32 Å². The molecule has 0 radical (unpaired) electrons. The largest absolute Gasteiger partial charge is 0.317 e. The molecule has 5 atom stereocenters. The zero-order valence-electron chi connectivity index (χ0n) is 11.2. The molecular formula is C14H29N. The highest BCUT2D eigenvalue weighted by Gasteiger charge is 2.36. The molecule has 0 saturated heterocycles. The Morgan fingerprint density at radius 3 is 2.13 bits per heavy atom. The summed E-state index contributed by atoms with van der Waals surface area (Å²) >= 11 is 0. The number of nitrogens with one attached hydrogen (secondary N) is 1. The van der Waals surface area contributed by atoms with Crippen LogP contribution in [0.5, 0.6) is 0 Å². The van der Waals surface area contributed by atoms with Crippen LogP contribution >= 0.6 is 0 Å². The van der Waals surface area contributed by atoms with E-state index >= 15 is 0 Å². The molecule has 0 aromatic rings. The molecule has 1 fully saturated rings. The molecule has 0 bridgehead atoms. The number of hydrogen-bond donors (Lipinski definition) is 1. The van der Waals surface area contributed by atoms with Crippen molar-refractivity contribution in [1.82, 2.24) is 5.32 Å². The first-order valence-corrected chi connectivity index (χ1v) is 6.82. The Hall–Kier alpha value is -0.0400. The fourth-order valence-electron chi connectivity index (χ4n) is 3.61. The molecule has 4 unspecified atom stereocenters. The highest BCUT2D eigenvalue weighted by molar-refractivity contribution is 4.88. The maximum absolute atomic E-state index is 3.52. The lowest BCUT2D eigenvalue weighted by Gasteiger charge is -2.33. The van der Waals surface area contributed by atoms with E-state index in [0.717, 1.165) is 29.7 Å². The van der Waals surface area contributed by atoms with Gasteiger partial charge in [0.15, 0.2) is 0 Å². The van der Waals surface area contributed by atoms with E-state index in [1.807, 2.05) is 0 Å². The first kappa shape index (κ1) is 13.0. The molecule has 1 saturated carbocycles. The summed E-state index contributed by atoms with van der Waals surface area (Å²) in [5.74, 6) is 3.72. The van der Waals surface area contributed by atoms with Gasteiger partial charge in [0.2, 0.25) is 0 Å². The third kappa shape index (κ3) is 2.75. The Bertz CT molecular complexity index is 174. The van der Waals surface area contributed by atoms with Crippen LogP contribution in [0.25, 0.3) is 0 Å². The first-order valence-electron chi connectivity index (χ1n) is 6.82. The molecule has 1 aliphatic rings. The summed E-state index contributed by atoms with van der Waals surface area (Å²) in [4.78, 5) is 0. The fraction of sp³-hybridized carbons (Fsp3) is 1.00. The van der Waals surface area contributed by atoms with Crippen LogP contribution in [-0.2, 0) is 0 Å². The second-order valence-electron chi connectivity index (χ2n) is 5.45. The average Bonchev–Trinajstić information content (AvgIpc) is 2.57. The minimum atomic E-state index is 0.729. The van der Waals surface area contributed by atoms with Gasteiger partial charge in [0.25, 0.3) is 0 Å². The molecule has 1 N–H and O–H groups in total. The molecule has 1 nitrogen and oxygen atoms in total. The SMILES string of the molecule is CCC(NC)C(CC)C1CC[C@@H](C)C1C. The van der Waals surface area contributed by atoms with E-state index in [2.05, 4.69) is 40.1 Å². The smallest absolute Gasteiger partial charge is 0.00923 e. The van der Waals surface area contributed by atoms with Gasteiger partial charge in [-0.05, 0) is 43.6 Å². The van der Waals surface area contributed by atoms with Crippen LogP contribution in [0, 0.1) is 23.7 Å². The summed E-state index contributed by atoms with van der Waals surface area (Å²) in [6, 6.07) is 0.729. The van der Waals surface area contributed by atoms with E-state index in [1.165, 1.54) is 25.7 Å². The first-order chi connectivity index (χ1) is 7.15. The lowest BCUT2D eigenvalue weighted by molar-refractivity contribution is 0.192. The van der Waals surface area contributed by atoms with Crippen molar-refractivity contribution < 1.29 is 0 Å². The number of hydrogen-bond acceptors (Lipinski definition) is 1. The molecule has 1 rings (SSSR count). The van der Waals surface area contributed by atoms with Crippen LogP contribution in [0.15, 0.2) is 0 Å².